The lowest BCUT2D eigenvalue weighted by Crippen LogP contribution is -2.42. The van der Waals surface area contributed by atoms with Gasteiger partial charge in [-0.3, -0.25) is 9.59 Å². The number of carbonyl (C=O) groups is 3. The van der Waals surface area contributed by atoms with Crippen LogP contribution in [0.25, 0.3) is 0 Å². The van der Waals surface area contributed by atoms with E-state index in [4.69, 9.17) is 16.3 Å². The molecule has 0 saturated carbocycles. The van der Waals surface area contributed by atoms with E-state index in [9.17, 15) is 14.4 Å². The second kappa shape index (κ2) is 10.4. The minimum atomic E-state index is -0.890. The molecule has 2 amide bonds. The summed E-state index contributed by atoms with van der Waals surface area (Å²) >= 11 is 6.06. The maximum Gasteiger partial charge on any atom is 0.408 e. The van der Waals surface area contributed by atoms with Crippen LogP contribution in [0.5, 0.6) is 0 Å². The van der Waals surface area contributed by atoms with Gasteiger partial charge in [-0.15, -0.1) is 0 Å². The molecule has 0 aliphatic rings. The number of anilines is 1. The molecule has 3 aromatic rings. The van der Waals surface area contributed by atoms with E-state index in [1.165, 1.54) is 13.0 Å². The Kier molecular flexibility index (Phi) is 7.40. The fraction of sp³-hybridized carbons (Fsp3) is 0.125. The van der Waals surface area contributed by atoms with Crippen LogP contribution in [0, 0.1) is 0 Å². The summed E-state index contributed by atoms with van der Waals surface area (Å²) in [6, 6.07) is 21.6. The molecule has 0 unspecified atom stereocenters. The quantitative estimate of drug-likeness (QED) is 0.520. The minimum absolute atomic E-state index is 0.0912. The topological polar surface area (TPSA) is 84.5 Å². The van der Waals surface area contributed by atoms with E-state index in [2.05, 4.69) is 10.6 Å². The third-order valence-electron chi connectivity index (χ3n) is 4.46. The molecule has 3 rings (SSSR count). The number of ketones is 1. The Morgan fingerprint density at radius 3 is 2.26 bits per heavy atom. The first-order valence-electron chi connectivity index (χ1n) is 9.61. The molecule has 6 nitrogen and oxygen atoms in total. The maximum absolute atomic E-state index is 12.9. The van der Waals surface area contributed by atoms with E-state index in [1.807, 2.05) is 36.4 Å². The first kappa shape index (κ1) is 22.1. The van der Waals surface area contributed by atoms with Crippen LogP contribution in [-0.4, -0.2) is 23.8 Å². The van der Waals surface area contributed by atoms with Gasteiger partial charge in [-0.05, 0) is 30.7 Å². The van der Waals surface area contributed by atoms with Crippen LogP contribution in [0.4, 0.5) is 10.5 Å². The molecule has 158 valence electrons. The highest BCUT2D eigenvalue weighted by molar-refractivity contribution is 6.31. The molecule has 0 aliphatic heterocycles. The lowest BCUT2D eigenvalue weighted by molar-refractivity contribution is -0.117. The number of alkyl carbamates (subject to hydrolysis) is 1. The highest BCUT2D eigenvalue weighted by Crippen LogP contribution is 2.24. The van der Waals surface area contributed by atoms with E-state index in [0.29, 0.717) is 16.3 Å². The van der Waals surface area contributed by atoms with Crippen molar-refractivity contribution < 1.29 is 19.1 Å². The first-order valence-corrected chi connectivity index (χ1v) is 9.99. The molecule has 0 spiro atoms. The molecule has 1 atom stereocenters. The predicted octanol–water partition coefficient (Wildman–Crippen LogP) is 4.82. The third kappa shape index (κ3) is 6.17. The molecule has 31 heavy (non-hydrogen) atoms. The number of benzene rings is 3. The summed E-state index contributed by atoms with van der Waals surface area (Å²) < 4.78 is 5.13. The monoisotopic (exact) mass is 436 g/mol. The number of nitrogens with one attached hydrogen (secondary N) is 2. The zero-order chi connectivity index (χ0) is 22.2. The van der Waals surface area contributed by atoms with Crippen molar-refractivity contribution in [2.24, 2.45) is 0 Å². The highest BCUT2D eigenvalue weighted by Gasteiger charge is 2.20. The molecule has 2 N–H and O–H groups in total. The summed E-state index contributed by atoms with van der Waals surface area (Å²) in [5, 5.41) is 5.52. The van der Waals surface area contributed by atoms with Crippen molar-refractivity contribution in [3.63, 3.8) is 0 Å². The van der Waals surface area contributed by atoms with Crippen molar-refractivity contribution in [2.75, 3.05) is 5.32 Å². The number of rotatable bonds is 7. The van der Waals surface area contributed by atoms with Crippen LogP contribution in [0.1, 0.15) is 28.4 Å². The van der Waals surface area contributed by atoms with Crippen molar-refractivity contribution in [3.05, 3.63) is 101 Å². The Hall–Kier alpha value is -3.64. The van der Waals surface area contributed by atoms with Crippen molar-refractivity contribution in [1.29, 1.82) is 0 Å². The summed E-state index contributed by atoms with van der Waals surface area (Å²) in [5.74, 6) is -0.776. The van der Waals surface area contributed by atoms with E-state index >= 15 is 0 Å². The van der Waals surface area contributed by atoms with Gasteiger partial charge in [-0.25, -0.2) is 4.79 Å². The molecular weight excluding hydrogens is 416 g/mol. The molecule has 0 aliphatic carbocycles. The SMILES string of the molecule is C[C@@H](NC(=O)OCc1ccccc1)C(=O)Nc1ccc(Cl)cc1C(=O)c1ccccc1. The molecule has 3 aromatic carbocycles. The van der Waals surface area contributed by atoms with Gasteiger partial charge < -0.3 is 15.4 Å². The molecule has 0 bridgehead atoms. The van der Waals surface area contributed by atoms with Crippen LogP contribution in [0.3, 0.4) is 0 Å². The van der Waals surface area contributed by atoms with Crippen LogP contribution in [0.15, 0.2) is 78.9 Å². The average molecular weight is 437 g/mol. The number of hydrogen-bond donors (Lipinski definition) is 2. The number of carbonyl (C=O) groups excluding carboxylic acids is 3. The number of halogens is 1. The van der Waals surface area contributed by atoms with Gasteiger partial charge in [0.15, 0.2) is 5.78 Å². The lowest BCUT2D eigenvalue weighted by atomic mass is 10.0. The van der Waals surface area contributed by atoms with Gasteiger partial charge in [0, 0.05) is 16.1 Å². The minimum Gasteiger partial charge on any atom is -0.445 e. The van der Waals surface area contributed by atoms with Crippen LogP contribution < -0.4 is 10.6 Å². The van der Waals surface area contributed by atoms with E-state index in [0.717, 1.165) is 5.56 Å². The summed E-state index contributed by atoms with van der Waals surface area (Å²) in [6.07, 6.45) is -0.719. The van der Waals surface area contributed by atoms with Gasteiger partial charge >= 0.3 is 6.09 Å². The van der Waals surface area contributed by atoms with Gasteiger partial charge in [-0.1, -0.05) is 72.3 Å². The zero-order valence-electron chi connectivity index (χ0n) is 16.8. The Morgan fingerprint density at radius 2 is 1.58 bits per heavy atom. The third-order valence-corrected chi connectivity index (χ3v) is 4.70. The molecule has 0 aromatic heterocycles. The summed E-state index contributed by atoms with van der Waals surface area (Å²) in [5.41, 5.74) is 1.86. The lowest BCUT2D eigenvalue weighted by Gasteiger charge is -2.16. The average Bonchev–Trinajstić information content (AvgIpc) is 2.79. The Labute approximate surface area is 185 Å². The van der Waals surface area contributed by atoms with Gasteiger partial charge in [0.25, 0.3) is 0 Å². The fourth-order valence-electron chi connectivity index (χ4n) is 2.81. The van der Waals surface area contributed by atoms with Gasteiger partial charge in [0.1, 0.15) is 12.6 Å². The van der Waals surface area contributed by atoms with Crippen LogP contribution in [-0.2, 0) is 16.1 Å². The smallest absolute Gasteiger partial charge is 0.408 e. The molecular formula is C24H21ClN2O4. The van der Waals surface area contributed by atoms with Crippen molar-refractivity contribution in [2.45, 2.75) is 19.6 Å². The predicted molar refractivity (Wildman–Crippen MR) is 119 cm³/mol. The van der Waals surface area contributed by atoms with Crippen molar-refractivity contribution in [1.82, 2.24) is 5.32 Å². The van der Waals surface area contributed by atoms with Crippen molar-refractivity contribution in [3.8, 4) is 0 Å². The fourth-order valence-corrected chi connectivity index (χ4v) is 2.98. The zero-order valence-corrected chi connectivity index (χ0v) is 17.6. The van der Waals surface area contributed by atoms with Crippen LogP contribution in [0.2, 0.25) is 5.02 Å². The van der Waals surface area contributed by atoms with Gasteiger partial charge in [-0.2, -0.15) is 0 Å². The van der Waals surface area contributed by atoms with Gasteiger partial charge in [0.05, 0.1) is 5.69 Å². The Bertz CT molecular complexity index is 1070. The van der Waals surface area contributed by atoms with Crippen LogP contribution >= 0.6 is 11.6 Å². The molecule has 7 heteroatoms. The van der Waals surface area contributed by atoms with Crippen molar-refractivity contribution >= 4 is 35.1 Å². The molecule has 0 radical (unpaired) electrons. The Morgan fingerprint density at radius 1 is 0.935 bits per heavy atom. The second-order valence-electron chi connectivity index (χ2n) is 6.80. The largest absolute Gasteiger partial charge is 0.445 e. The summed E-state index contributed by atoms with van der Waals surface area (Å²) in [7, 11) is 0. The van der Waals surface area contributed by atoms with Gasteiger partial charge in [0.2, 0.25) is 5.91 Å². The molecule has 0 heterocycles. The normalized spacial score (nSPS) is 11.3. The Balaban J connectivity index is 1.64. The first-order chi connectivity index (χ1) is 14.9. The highest BCUT2D eigenvalue weighted by atomic mass is 35.5. The number of hydrogen-bond acceptors (Lipinski definition) is 4. The molecule has 0 saturated heterocycles. The summed E-state index contributed by atoms with van der Waals surface area (Å²) in [6.45, 7) is 1.61. The second-order valence-corrected chi connectivity index (χ2v) is 7.24. The maximum atomic E-state index is 12.9. The van der Waals surface area contributed by atoms with E-state index in [1.54, 1.807) is 36.4 Å². The molecule has 0 fully saturated rings. The number of ether oxygens (including phenoxy) is 1. The number of amides is 2. The summed E-state index contributed by atoms with van der Waals surface area (Å²) in [4.78, 5) is 37.5. The van der Waals surface area contributed by atoms with E-state index < -0.39 is 18.0 Å². The van der Waals surface area contributed by atoms with E-state index in [-0.39, 0.29) is 18.0 Å². The standard InChI is InChI=1S/C24H21ClN2O4/c1-16(26-24(30)31-15-17-8-4-2-5-9-17)23(29)27-21-13-12-19(25)14-20(21)22(28)18-10-6-3-7-11-18/h2-14,16H,15H2,1H3,(H,26,30)(H,27,29)/t16-/m1/s1.